The summed E-state index contributed by atoms with van der Waals surface area (Å²) in [5, 5.41) is 3.93. The molecule has 20 heavy (non-hydrogen) atoms. The van der Waals surface area contributed by atoms with Crippen molar-refractivity contribution in [2.45, 2.75) is 6.92 Å². The lowest BCUT2D eigenvalue weighted by Crippen LogP contribution is -1.91. The molecule has 100 valence electrons. The molecule has 0 radical (unpaired) electrons. The summed E-state index contributed by atoms with van der Waals surface area (Å²) in [6.45, 7) is 1.91. The van der Waals surface area contributed by atoms with Crippen molar-refractivity contribution >= 4 is 5.69 Å². The van der Waals surface area contributed by atoms with Gasteiger partial charge in [-0.1, -0.05) is 5.16 Å². The highest BCUT2D eigenvalue weighted by Crippen LogP contribution is 2.25. The number of benzene rings is 1. The van der Waals surface area contributed by atoms with Crippen LogP contribution in [0, 0.1) is 12.7 Å². The van der Waals surface area contributed by atoms with E-state index in [9.17, 15) is 4.39 Å². The first-order chi connectivity index (χ1) is 9.65. The minimum absolute atomic E-state index is 0.0438. The zero-order valence-electron chi connectivity index (χ0n) is 10.7. The van der Waals surface area contributed by atoms with Gasteiger partial charge in [0.15, 0.2) is 0 Å². The van der Waals surface area contributed by atoms with E-state index >= 15 is 0 Å². The molecule has 0 fully saturated rings. The molecule has 0 saturated carbocycles. The molecule has 0 bridgehead atoms. The summed E-state index contributed by atoms with van der Waals surface area (Å²) in [5.74, 6) is 0.282. The Morgan fingerprint density at radius 2 is 2.10 bits per heavy atom. The number of aryl methyl sites for hydroxylation is 1. The second-order valence-electron chi connectivity index (χ2n) is 4.35. The lowest BCUT2D eigenvalue weighted by atomic mass is 10.1. The van der Waals surface area contributed by atoms with Gasteiger partial charge in [-0.15, -0.1) is 0 Å². The van der Waals surface area contributed by atoms with Gasteiger partial charge < -0.3 is 10.3 Å². The molecule has 2 N–H and O–H groups in total. The summed E-state index contributed by atoms with van der Waals surface area (Å²) >= 11 is 0. The highest BCUT2D eigenvalue weighted by molar-refractivity contribution is 5.64. The molecule has 0 atom stereocenters. The fraction of sp³-hybridized carbons (Fsp3) is 0.0714. The number of nitrogens with two attached hydrogens (primary N) is 1. The molecule has 6 heteroatoms. The Labute approximate surface area is 114 Å². The van der Waals surface area contributed by atoms with Gasteiger partial charge in [0.25, 0.3) is 5.89 Å². The van der Waals surface area contributed by atoms with Crippen molar-refractivity contribution in [1.29, 1.82) is 0 Å². The van der Waals surface area contributed by atoms with Gasteiger partial charge in [0.1, 0.15) is 5.82 Å². The van der Waals surface area contributed by atoms with Crippen molar-refractivity contribution in [3.05, 3.63) is 48.0 Å². The Hall–Kier alpha value is -2.76. The summed E-state index contributed by atoms with van der Waals surface area (Å²) < 4.78 is 18.3. The van der Waals surface area contributed by atoms with E-state index in [4.69, 9.17) is 10.3 Å². The van der Waals surface area contributed by atoms with Crippen LogP contribution < -0.4 is 5.73 Å². The van der Waals surface area contributed by atoms with Crippen LogP contribution in [0.5, 0.6) is 0 Å². The zero-order chi connectivity index (χ0) is 14.1. The molecule has 1 aromatic carbocycles. The predicted octanol–water partition coefficient (Wildman–Crippen LogP) is 2.83. The van der Waals surface area contributed by atoms with Gasteiger partial charge in [-0.05, 0) is 36.8 Å². The fourth-order valence-electron chi connectivity index (χ4n) is 1.85. The Morgan fingerprint density at radius 1 is 1.25 bits per heavy atom. The van der Waals surface area contributed by atoms with Crippen molar-refractivity contribution in [3.8, 4) is 22.8 Å². The Bertz CT molecular complexity index is 769. The minimum Gasteiger partial charge on any atom is -0.396 e. The number of rotatable bonds is 2. The molecule has 0 saturated heterocycles. The van der Waals surface area contributed by atoms with Crippen molar-refractivity contribution in [3.63, 3.8) is 0 Å². The molecule has 5 nitrogen and oxygen atoms in total. The maximum Gasteiger partial charge on any atom is 0.258 e. The quantitative estimate of drug-likeness (QED) is 0.724. The van der Waals surface area contributed by atoms with Crippen LogP contribution in [-0.2, 0) is 0 Å². The fourth-order valence-corrected chi connectivity index (χ4v) is 1.85. The average molecular weight is 270 g/mol. The maximum absolute atomic E-state index is 13.1. The second kappa shape index (κ2) is 4.73. The molecule has 3 aromatic rings. The molecule has 0 aliphatic carbocycles. The predicted molar refractivity (Wildman–Crippen MR) is 72.1 cm³/mol. The summed E-state index contributed by atoms with van der Waals surface area (Å²) in [4.78, 5) is 8.31. The first-order valence-corrected chi connectivity index (χ1v) is 5.95. The van der Waals surface area contributed by atoms with E-state index in [1.165, 1.54) is 12.1 Å². The highest BCUT2D eigenvalue weighted by Gasteiger charge is 2.13. The molecular formula is C14H11FN4O. The zero-order valence-corrected chi connectivity index (χ0v) is 10.7. The van der Waals surface area contributed by atoms with Crippen LogP contribution in [0.2, 0.25) is 0 Å². The topological polar surface area (TPSA) is 77.8 Å². The van der Waals surface area contributed by atoms with Gasteiger partial charge in [-0.2, -0.15) is 4.98 Å². The SMILES string of the molecule is Cc1cnccc1-c1noc(-c2ccc(F)c(N)c2)n1. The van der Waals surface area contributed by atoms with Gasteiger partial charge in [-0.3, -0.25) is 4.98 Å². The maximum atomic E-state index is 13.1. The molecule has 2 aromatic heterocycles. The summed E-state index contributed by atoms with van der Waals surface area (Å²) in [6, 6.07) is 6.09. The number of hydrogen-bond acceptors (Lipinski definition) is 5. The molecular weight excluding hydrogens is 259 g/mol. The number of aromatic nitrogens is 3. The van der Waals surface area contributed by atoms with E-state index in [2.05, 4.69) is 15.1 Å². The van der Waals surface area contributed by atoms with Crippen molar-refractivity contribution in [2.75, 3.05) is 5.73 Å². The van der Waals surface area contributed by atoms with Gasteiger partial charge >= 0.3 is 0 Å². The lowest BCUT2D eigenvalue weighted by molar-refractivity contribution is 0.432. The summed E-state index contributed by atoms with van der Waals surface area (Å²) in [5.41, 5.74) is 7.93. The number of anilines is 1. The van der Waals surface area contributed by atoms with Crippen molar-refractivity contribution < 1.29 is 8.91 Å². The van der Waals surface area contributed by atoms with E-state index in [-0.39, 0.29) is 5.69 Å². The molecule has 2 heterocycles. The summed E-state index contributed by atoms with van der Waals surface area (Å²) in [6.07, 6.45) is 3.38. The Balaban J connectivity index is 2.02. The van der Waals surface area contributed by atoms with E-state index in [1.807, 2.05) is 13.0 Å². The van der Waals surface area contributed by atoms with E-state index in [1.54, 1.807) is 18.5 Å². The molecule has 0 amide bonds. The lowest BCUT2D eigenvalue weighted by Gasteiger charge is -1.98. The number of hydrogen-bond donors (Lipinski definition) is 1. The van der Waals surface area contributed by atoms with Crippen LogP contribution in [0.15, 0.2) is 41.2 Å². The summed E-state index contributed by atoms with van der Waals surface area (Å²) in [7, 11) is 0. The smallest absolute Gasteiger partial charge is 0.258 e. The second-order valence-corrected chi connectivity index (χ2v) is 4.35. The largest absolute Gasteiger partial charge is 0.396 e. The minimum atomic E-state index is -0.474. The third-order valence-electron chi connectivity index (χ3n) is 2.93. The van der Waals surface area contributed by atoms with Crippen molar-refractivity contribution in [1.82, 2.24) is 15.1 Å². The van der Waals surface area contributed by atoms with Crippen molar-refractivity contribution in [2.24, 2.45) is 0 Å². The third kappa shape index (κ3) is 2.11. The molecule has 0 aliphatic heterocycles. The molecule has 0 aliphatic rings. The number of nitrogen functional groups attached to an aromatic ring is 1. The Kier molecular flexibility index (Phi) is 2.90. The number of halogens is 1. The van der Waals surface area contributed by atoms with Gasteiger partial charge in [-0.25, -0.2) is 4.39 Å². The van der Waals surface area contributed by atoms with Crippen LogP contribution in [0.1, 0.15) is 5.56 Å². The van der Waals surface area contributed by atoms with E-state index in [0.717, 1.165) is 11.1 Å². The first kappa shape index (κ1) is 12.3. The van der Waals surface area contributed by atoms with E-state index < -0.39 is 5.82 Å². The molecule has 0 spiro atoms. The van der Waals surface area contributed by atoms with Crippen LogP contribution in [0.25, 0.3) is 22.8 Å². The normalized spacial score (nSPS) is 10.7. The number of pyridine rings is 1. The van der Waals surface area contributed by atoms with Gasteiger partial charge in [0.2, 0.25) is 5.82 Å². The van der Waals surface area contributed by atoms with Crippen LogP contribution in [0.4, 0.5) is 10.1 Å². The standard InChI is InChI=1S/C14H11FN4O/c1-8-7-17-5-4-10(8)13-18-14(20-19-13)9-2-3-11(15)12(16)6-9/h2-7H,16H2,1H3. The van der Waals surface area contributed by atoms with Gasteiger partial charge in [0, 0.05) is 23.5 Å². The third-order valence-corrected chi connectivity index (χ3v) is 2.93. The van der Waals surface area contributed by atoms with Crippen LogP contribution in [0.3, 0.4) is 0 Å². The average Bonchev–Trinajstić information content (AvgIpc) is 2.92. The number of nitrogens with zero attached hydrogens (tertiary/aromatic N) is 3. The molecule has 0 unspecified atom stereocenters. The Morgan fingerprint density at radius 3 is 2.85 bits per heavy atom. The monoisotopic (exact) mass is 270 g/mol. The first-order valence-electron chi connectivity index (χ1n) is 5.95. The highest BCUT2D eigenvalue weighted by atomic mass is 19.1. The van der Waals surface area contributed by atoms with Gasteiger partial charge in [0.05, 0.1) is 5.69 Å². The molecule has 3 rings (SSSR count). The van der Waals surface area contributed by atoms with Crippen LogP contribution in [-0.4, -0.2) is 15.1 Å². The van der Waals surface area contributed by atoms with Crippen LogP contribution >= 0.6 is 0 Å². The van der Waals surface area contributed by atoms with E-state index in [0.29, 0.717) is 17.3 Å².